The van der Waals surface area contributed by atoms with Crippen LogP contribution in [0.5, 0.6) is 11.5 Å². The molecule has 0 aliphatic carbocycles. The van der Waals surface area contributed by atoms with Gasteiger partial charge < -0.3 is 9.47 Å². The highest BCUT2D eigenvalue weighted by Crippen LogP contribution is 2.32. The molecule has 0 heterocycles. The molecule has 0 atom stereocenters. The highest BCUT2D eigenvalue weighted by Gasteiger charge is 2.16. The first-order valence-electron chi connectivity index (χ1n) is 12.3. The highest BCUT2D eigenvalue weighted by molar-refractivity contribution is 5.72. The molecule has 5 heteroatoms. The van der Waals surface area contributed by atoms with E-state index in [9.17, 15) is 8.78 Å². The fourth-order valence-electron chi connectivity index (χ4n) is 4.10. The van der Waals surface area contributed by atoms with Crippen molar-refractivity contribution >= 4 is 0 Å². The first kappa shape index (κ1) is 26.1. The van der Waals surface area contributed by atoms with Crippen LogP contribution in [0.3, 0.4) is 0 Å². The van der Waals surface area contributed by atoms with E-state index in [4.69, 9.17) is 9.47 Å². The van der Waals surface area contributed by atoms with Gasteiger partial charge in [0, 0.05) is 17.2 Å². The Morgan fingerprint density at radius 1 is 0.703 bits per heavy atom. The number of rotatable bonds is 11. The summed E-state index contributed by atoms with van der Waals surface area (Å²) in [6.07, 6.45) is 3.57. The predicted molar refractivity (Wildman–Crippen MR) is 143 cm³/mol. The van der Waals surface area contributed by atoms with Crippen molar-refractivity contribution < 1.29 is 22.6 Å². The van der Waals surface area contributed by atoms with E-state index in [1.807, 2.05) is 19.1 Å². The summed E-state index contributed by atoms with van der Waals surface area (Å²) in [5, 5.41) is 0. The molecule has 0 aliphatic heterocycles. The Hall–Kier alpha value is -3.99. The fraction of sp³-hybridized carbons (Fsp3) is 0.188. The lowest BCUT2D eigenvalue weighted by molar-refractivity contribution is 0.323. The third-order valence-electron chi connectivity index (χ3n) is 6.12. The van der Waals surface area contributed by atoms with Crippen LogP contribution in [0.25, 0.3) is 22.3 Å². The summed E-state index contributed by atoms with van der Waals surface area (Å²) < 4.78 is 55.3. The second kappa shape index (κ2) is 12.3. The number of ether oxygens (including phenoxy) is 2. The van der Waals surface area contributed by atoms with Gasteiger partial charge in [0.25, 0.3) is 0 Å². The largest absolute Gasteiger partial charge is 0.494 e. The van der Waals surface area contributed by atoms with Crippen LogP contribution < -0.4 is 9.47 Å². The van der Waals surface area contributed by atoms with Gasteiger partial charge in [0.1, 0.15) is 17.3 Å². The third kappa shape index (κ3) is 6.42. The summed E-state index contributed by atoms with van der Waals surface area (Å²) in [5.74, 6) is -0.917. The molecule has 0 bridgehead atoms. The average Bonchev–Trinajstić information content (AvgIpc) is 2.91. The van der Waals surface area contributed by atoms with Crippen molar-refractivity contribution in [3.05, 3.63) is 120 Å². The summed E-state index contributed by atoms with van der Waals surface area (Å²) in [5.41, 5.74) is 3.10. The Bertz CT molecular complexity index is 1350. The molecule has 4 aromatic rings. The number of aryl methyl sites for hydroxylation is 2. The molecule has 0 saturated heterocycles. The quantitative estimate of drug-likeness (QED) is 0.151. The fourth-order valence-corrected chi connectivity index (χ4v) is 4.10. The molecule has 0 saturated carbocycles. The monoisotopic (exact) mass is 502 g/mol. The second-order valence-corrected chi connectivity index (χ2v) is 8.62. The maximum atomic E-state index is 15.0. The summed E-state index contributed by atoms with van der Waals surface area (Å²) in [4.78, 5) is 0. The molecule has 190 valence electrons. The molecule has 2 nitrogen and oxygen atoms in total. The van der Waals surface area contributed by atoms with Gasteiger partial charge in [-0.15, -0.1) is 6.58 Å². The predicted octanol–water partition coefficient (Wildman–Crippen LogP) is 8.58. The Balaban J connectivity index is 1.43. The van der Waals surface area contributed by atoms with Crippen LogP contribution in [0.1, 0.15) is 24.5 Å². The van der Waals surface area contributed by atoms with Crippen LogP contribution in [0.4, 0.5) is 13.2 Å². The molecule has 37 heavy (non-hydrogen) atoms. The molecule has 0 N–H and O–H groups in total. The molecule has 0 amide bonds. The van der Waals surface area contributed by atoms with Crippen molar-refractivity contribution in [3.63, 3.8) is 0 Å². The number of benzene rings is 4. The van der Waals surface area contributed by atoms with Crippen LogP contribution in [0, 0.1) is 17.5 Å². The Morgan fingerprint density at radius 2 is 1.30 bits per heavy atom. The van der Waals surface area contributed by atoms with Gasteiger partial charge in [-0.3, -0.25) is 0 Å². The first-order valence-corrected chi connectivity index (χ1v) is 12.3. The maximum absolute atomic E-state index is 15.0. The van der Waals surface area contributed by atoms with Crippen molar-refractivity contribution in [1.82, 2.24) is 0 Å². The van der Waals surface area contributed by atoms with E-state index >= 15 is 4.39 Å². The van der Waals surface area contributed by atoms with Gasteiger partial charge in [0.05, 0.1) is 13.2 Å². The lowest BCUT2D eigenvalue weighted by atomic mass is 9.97. The zero-order valence-corrected chi connectivity index (χ0v) is 20.8. The summed E-state index contributed by atoms with van der Waals surface area (Å²) >= 11 is 0. The minimum absolute atomic E-state index is 0.192. The molecule has 0 spiro atoms. The van der Waals surface area contributed by atoms with Crippen molar-refractivity contribution in [3.8, 4) is 33.8 Å². The molecule has 0 unspecified atom stereocenters. The Morgan fingerprint density at radius 3 is 1.86 bits per heavy atom. The minimum atomic E-state index is -0.892. The third-order valence-corrected chi connectivity index (χ3v) is 6.12. The lowest BCUT2D eigenvalue weighted by Crippen LogP contribution is -1.99. The molecular formula is C32H29F3O2. The van der Waals surface area contributed by atoms with Crippen molar-refractivity contribution in [1.29, 1.82) is 0 Å². The van der Waals surface area contributed by atoms with E-state index in [1.165, 1.54) is 6.07 Å². The van der Waals surface area contributed by atoms with Gasteiger partial charge >= 0.3 is 0 Å². The van der Waals surface area contributed by atoms with Crippen LogP contribution in [0.2, 0.25) is 0 Å². The summed E-state index contributed by atoms with van der Waals surface area (Å²) in [6, 6.07) is 22.2. The van der Waals surface area contributed by atoms with Gasteiger partial charge in [0.15, 0.2) is 11.6 Å². The molecule has 0 aromatic heterocycles. The Kier molecular flexibility index (Phi) is 8.68. The second-order valence-electron chi connectivity index (χ2n) is 8.62. The van der Waals surface area contributed by atoms with Crippen molar-refractivity contribution in [2.24, 2.45) is 0 Å². The zero-order valence-electron chi connectivity index (χ0n) is 20.8. The van der Waals surface area contributed by atoms with Crippen LogP contribution in [-0.2, 0) is 12.8 Å². The van der Waals surface area contributed by atoms with E-state index in [0.29, 0.717) is 60.7 Å². The minimum Gasteiger partial charge on any atom is -0.494 e. The summed E-state index contributed by atoms with van der Waals surface area (Å²) in [6.45, 7) is 6.52. The molecule has 0 aliphatic rings. The molecular weight excluding hydrogens is 473 g/mol. The number of halogens is 3. The molecule has 4 aromatic carbocycles. The van der Waals surface area contributed by atoms with Crippen LogP contribution >= 0.6 is 0 Å². The standard InChI is InChI=1S/C32H29F3O2/c1-3-5-20-37-27-17-14-25(30(33)21-27)11-8-22-6-9-23(10-7-22)28-18-19-29(32(35)31(28)34)24-12-15-26(16-13-24)36-4-2/h3,6-7,9-10,12-19,21H,1,4-5,8,11,20H2,2H3. The van der Waals surface area contributed by atoms with Crippen LogP contribution in [-0.4, -0.2) is 13.2 Å². The number of hydrogen-bond donors (Lipinski definition) is 0. The van der Waals surface area contributed by atoms with Crippen molar-refractivity contribution in [2.45, 2.75) is 26.2 Å². The molecule has 0 radical (unpaired) electrons. The maximum Gasteiger partial charge on any atom is 0.167 e. The SMILES string of the molecule is C=CCCOc1ccc(CCc2ccc(-c3ccc(-c4ccc(OCC)cc4)c(F)c3F)cc2)c(F)c1. The van der Waals surface area contributed by atoms with E-state index < -0.39 is 11.6 Å². The van der Waals surface area contributed by atoms with E-state index in [-0.39, 0.29) is 16.9 Å². The van der Waals surface area contributed by atoms with Gasteiger partial charge in [-0.05, 0) is 66.6 Å². The van der Waals surface area contributed by atoms with E-state index in [0.717, 1.165) is 5.56 Å². The topological polar surface area (TPSA) is 18.5 Å². The summed E-state index contributed by atoms with van der Waals surface area (Å²) in [7, 11) is 0. The molecule has 4 rings (SSSR count). The van der Waals surface area contributed by atoms with Gasteiger partial charge in [0.2, 0.25) is 0 Å². The normalized spacial score (nSPS) is 10.8. The average molecular weight is 503 g/mol. The Labute approximate surface area is 216 Å². The lowest BCUT2D eigenvalue weighted by Gasteiger charge is -2.11. The van der Waals surface area contributed by atoms with Gasteiger partial charge in [-0.1, -0.05) is 60.7 Å². The van der Waals surface area contributed by atoms with Gasteiger partial charge in [-0.25, -0.2) is 13.2 Å². The number of hydrogen-bond acceptors (Lipinski definition) is 2. The van der Waals surface area contributed by atoms with E-state index in [2.05, 4.69) is 6.58 Å². The molecule has 0 fully saturated rings. The van der Waals surface area contributed by atoms with Crippen LogP contribution in [0.15, 0.2) is 91.5 Å². The smallest absolute Gasteiger partial charge is 0.167 e. The zero-order chi connectivity index (χ0) is 26.2. The van der Waals surface area contributed by atoms with Crippen molar-refractivity contribution in [2.75, 3.05) is 13.2 Å². The van der Waals surface area contributed by atoms with Gasteiger partial charge in [-0.2, -0.15) is 0 Å². The van der Waals surface area contributed by atoms with E-state index in [1.54, 1.807) is 66.7 Å². The highest BCUT2D eigenvalue weighted by atomic mass is 19.2. The first-order chi connectivity index (χ1) is 18.0.